The number of hydrogen-bond donors (Lipinski definition) is 1. The molecule has 0 heterocycles. The van der Waals surface area contributed by atoms with Gasteiger partial charge in [-0.25, -0.2) is 0 Å². The van der Waals surface area contributed by atoms with Gasteiger partial charge < -0.3 is 10.5 Å². The van der Waals surface area contributed by atoms with E-state index in [1.165, 1.54) is 16.7 Å². The largest absolute Gasteiger partial charge is 0.492 e. The number of ether oxygens (including phenoxy) is 1. The Bertz CT molecular complexity index is 708. The molecular formula is C21H21NO. The van der Waals surface area contributed by atoms with Gasteiger partial charge in [0.25, 0.3) is 0 Å². The molecular weight excluding hydrogens is 282 g/mol. The van der Waals surface area contributed by atoms with Crippen molar-refractivity contribution in [3.63, 3.8) is 0 Å². The van der Waals surface area contributed by atoms with Crippen LogP contribution in [0.2, 0.25) is 0 Å². The molecule has 23 heavy (non-hydrogen) atoms. The molecule has 0 spiro atoms. The maximum atomic E-state index is 6.15. The van der Waals surface area contributed by atoms with Crippen LogP contribution in [-0.2, 0) is 6.42 Å². The van der Waals surface area contributed by atoms with Gasteiger partial charge in [-0.2, -0.15) is 0 Å². The summed E-state index contributed by atoms with van der Waals surface area (Å²) < 4.78 is 5.81. The first-order valence-corrected chi connectivity index (χ1v) is 7.89. The number of benzene rings is 3. The van der Waals surface area contributed by atoms with E-state index in [4.69, 9.17) is 10.5 Å². The molecule has 0 amide bonds. The molecule has 116 valence electrons. The Morgan fingerprint density at radius 3 is 1.91 bits per heavy atom. The number of nitrogens with two attached hydrogens (primary N) is 1. The van der Waals surface area contributed by atoms with Crippen LogP contribution in [0.4, 0.5) is 0 Å². The second-order valence-corrected chi connectivity index (χ2v) is 5.65. The van der Waals surface area contributed by atoms with Gasteiger partial charge in [-0.05, 0) is 35.2 Å². The van der Waals surface area contributed by atoms with Gasteiger partial charge in [-0.3, -0.25) is 0 Å². The Labute approximate surface area is 137 Å². The van der Waals surface area contributed by atoms with Crippen LogP contribution in [0.15, 0.2) is 84.9 Å². The van der Waals surface area contributed by atoms with Crippen molar-refractivity contribution in [2.45, 2.75) is 12.5 Å². The third-order valence-electron chi connectivity index (χ3n) is 3.77. The molecule has 2 heteroatoms. The number of hydrogen-bond acceptors (Lipinski definition) is 2. The molecule has 0 saturated carbocycles. The molecule has 0 aromatic heterocycles. The highest BCUT2D eigenvalue weighted by Crippen LogP contribution is 2.22. The number of rotatable bonds is 6. The van der Waals surface area contributed by atoms with E-state index in [0.29, 0.717) is 6.61 Å². The maximum Gasteiger partial charge on any atom is 0.119 e. The van der Waals surface area contributed by atoms with Crippen molar-refractivity contribution in [3.8, 4) is 16.9 Å². The van der Waals surface area contributed by atoms with Crippen LogP contribution in [0, 0.1) is 0 Å². The molecule has 0 saturated heterocycles. The molecule has 0 radical (unpaired) electrons. The Morgan fingerprint density at radius 1 is 0.696 bits per heavy atom. The fraction of sp³-hybridized carbons (Fsp3) is 0.143. The first-order valence-electron chi connectivity index (χ1n) is 7.89. The Balaban J connectivity index is 1.54. The summed E-state index contributed by atoms with van der Waals surface area (Å²) in [6.45, 7) is 0.513. The van der Waals surface area contributed by atoms with Gasteiger partial charge in [-0.1, -0.05) is 72.8 Å². The molecule has 0 bridgehead atoms. The average Bonchev–Trinajstić information content (AvgIpc) is 2.62. The molecule has 0 aliphatic rings. The lowest BCUT2D eigenvalue weighted by atomic mass is 10.1. The van der Waals surface area contributed by atoms with Gasteiger partial charge >= 0.3 is 0 Å². The minimum atomic E-state index is -0.00815. The van der Waals surface area contributed by atoms with Crippen molar-refractivity contribution < 1.29 is 4.74 Å². The van der Waals surface area contributed by atoms with E-state index in [1.54, 1.807) is 0 Å². The van der Waals surface area contributed by atoms with Crippen LogP contribution in [0.1, 0.15) is 5.56 Å². The van der Waals surface area contributed by atoms with E-state index < -0.39 is 0 Å². The van der Waals surface area contributed by atoms with Gasteiger partial charge in [0.15, 0.2) is 0 Å². The highest BCUT2D eigenvalue weighted by molar-refractivity contribution is 5.63. The van der Waals surface area contributed by atoms with E-state index >= 15 is 0 Å². The predicted octanol–water partition coefficient (Wildman–Crippen LogP) is 4.30. The van der Waals surface area contributed by atoms with Crippen molar-refractivity contribution in [2.24, 2.45) is 5.73 Å². The molecule has 0 aliphatic heterocycles. The maximum absolute atomic E-state index is 6.15. The first-order chi connectivity index (χ1) is 11.3. The average molecular weight is 303 g/mol. The summed E-state index contributed by atoms with van der Waals surface area (Å²) >= 11 is 0. The van der Waals surface area contributed by atoms with E-state index in [2.05, 4.69) is 36.4 Å². The van der Waals surface area contributed by atoms with Gasteiger partial charge in [-0.15, -0.1) is 0 Å². The molecule has 0 aliphatic carbocycles. The molecule has 0 fully saturated rings. The molecule has 2 nitrogen and oxygen atoms in total. The van der Waals surface area contributed by atoms with Crippen molar-refractivity contribution >= 4 is 0 Å². The van der Waals surface area contributed by atoms with Crippen molar-refractivity contribution in [1.29, 1.82) is 0 Å². The lowest BCUT2D eigenvalue weighted by Crippen LogP contribution is -2.30. The molecule has 2 N–H and O–H groups in total. The van der Waals surface area contributed by atoms with E-state index in [-0.39, 0.29) is 6.04 Å². The van der Waals surface area contributed by atoms with Gasteiger partial charge in [0.05, 0.1) is 0 Å². The van der Waals surface area contributed by atoms with Crippen LogP contribution in [0.3, 0.4) is 0 Å². The van der Waals surface area contributed by atoms with Crippen LogP contribution >= 0.6 is 0 Å². The molecule has 3 rings (SSSR count). The Hall–Kier alpha value is -2.58. The minimum absolute atomic E-state index is 0.00815. The summed E-state index contributed by atoms with van der Waals surface area (Å²) in [5.41, 5.74) is 9.78. The Kier molecular flexibility index (Phi) is 5.07. The monoisotopic (exact) mass is 303 g/mol. The highest BCUT2D eigenvalue weighted by atomic mass is 16.5. The zero-order valence-electron chi connectivity index (χ0n) is 13.1. The summed E-state index contributed by atoms with van der Waals surface area (Å²) in [7, 11) is 0. The van der Waals surface area contributed by atoms with Gasteiger partial charge in [0.2, 0.25) is 0 Å². The standard InChI is InChI=1S/C21H21NO/c22-20(15-17-7-3-1-4-8-17)16-23-21-13-11-19(12-14-21)18-9-5-2-6-10-18/h1-14,20H,15-16,22H2. The minimum Gasteiger partial charge on any atom is -0.492 e. The lowest BCUT2D eigenvalue weighted by Gasteiger charge is -2.13. The lowest BCUT2D eigenvalue weighted by molar-refractivity contribution is 0.287. The summed E-state index contributed by atoms with van der Waals surface area (Å²) in [5, 5.41) is 0. The molecule has 1 unspecified atom stereocenters. The molecule has 3 aromatic rings. The second-order valence-electron chi connectivity index (χ2n) is 5.65. The fourth-order valence-electron chi connectivity index (χ4n) is 2.55. The van der Waals surface area contributed by atoms with Gasteiger partial charge in [0.1, 0.15) is 12.4 Å². The normalized spacial score (nSPS) is 11.9. The van der Waals surface area contributed by atoms with E-state index in [1.807, 2.05) is 48.5 Å². The zero-order chi connectivity index (χ0) is 15.9. The van der Waals surface area contributed by atoms with E-state index in [9.17, 15) is 0 Å². The summed E-state index contributed by atoms with van der Waals surface area (Å²) in [6.07, 6.45) is 0.822. The third-order valence-corrected chi connectivity index (χ3v) is 3.77. The van der Waals surface area contributed by atoms with E-state index in [0.717, 1.165) is 12.2 Å². The summed E-state index contributed by atoms with van der Waals surface area (Å²) in [5.74, 6) is 0.855. The van der Waals surface area contributed by atoms with Crippen molar-refractivity contribution in [2.75, 3.05) is 6.61 Å². The predicted molar refractivity (Wildman–Crippen MR) is 95.5 cm³/mol. The summed E-state index contributed by atoms with van der Waals surface area (Å²) in [4.78, 5) is 0. The molecule has 1 atom stereocenters. The van der Waals surface area contributed by atoms with Crippen LogP contribution in [0.25, 0.3) is 11.1 Å². The SMILES string of the molecule is NC(COc1ccc(-c2ccccc2)cc1)Cc1ccccc1. The van der Waals surface area contributed by atoms with Crippen LogP contribution in [0.5, 0.6) is 5.75 Å². The van der Waals surface area contributed by atoms with Crippen LogP contribution in [-0.4, -0.2) is 12.6 Å². The summed E-state index contributed by atoms with van der Waals surface area (Å²) in [6, 6.07) is 28.7. The van der Waals surface area contributed by atoms with Crippen LogP contribution < -0.4 is 10.5 Å². The topological polar surface area (TPSA) is 35.2 Å². The first kappa shape index (κ1) is 15.3. The second kappa shape index (κ2) is 7.61. The quantitative estimate of drug-likeness (QED) is 0.737. The van der Waals surface area contributed by atoms with Crippen molar-refractivity contribution in [3.05, 3.63) is 90.5 Å². The van der Waals surface area contributed by atoms with Gasteiger partial charge in [0, 0.05) is 6.04 Å². The zero-order valence-corrected chi connectivity index (χ0v) is 13.1. The van der Waals surface area contributed by atoms with Crippen molar-refractivity contribution in [1.82, 2.24) is 0 Å². The highest BCUT2D eigenvalue weighted by Gasteiger charge is 2.05. The Morgan fingerprint density at radius 2 is 1.26 bits per heavy atom. The smallest absolute Gasteiger partial charge is 0.119 e. The third kappa shape index (κ3) is 4.44. The molecule has 3 aromatic carbocycles. The fourth-order valence-corrected chi connectivity index (χ4v) is 2.55.